The van der Waals surface area contributed by atoms with Gasteiger partial charge in [0.15, 0.2) is 0 Å². The number of hydrogen-bond acceptors (Lipinski definition) is 2. The van der Waals surface area contributed by atoms with E-state index >= 15 is 0 Å². The Labute approximate surface area is 82.6 Å². The molecule has 3 atom stereocenters. The van der Waals surface area contributed by atoms with Gasteiger partial charge in [0.1, 0.15) is 5.82 Å². The van der Waals surface area contributed by atoms with Crippen LogP contribution >= 0.6 is 0 Å². The van der Waals surface area contributed by atoms with Crippen molar-refractivity contribution in [1.29, 1.82) is 0 Å². The van der Waals surface area contributed by atoms with E-state index < -0.39 is 0 Å². The first kappa shape index (κ1) is 8.21. The number of aromatic amines is 1. The highest BCUT2D eigenvalue weighted by Gasteiger charge is 2.41. The molecule has 0 unspecified atom stereocenters. The minimum Gasteiger partial charge on any atom is -0.310 e. The first-order chi connectivity index (χ1) is 6.83. The standard InChI is InChI=1S/C11H14N2O/c14-10-3-4-12-11(13-10)9-6-7-1-2-8(9)5-7/h3-4,7-9H,1-2,5-6H2,(H,12,13,14)/t7-,8-,9-/m0/s1. The molecule has 1 heterocycles. The smallest absolute Gasteiger partial charge is 0.250 e. The summed E-state index contributed by atoms with van der Waals surface area (Å²) in [6, 6.07) is 1.48. The summed E-state index contributed by atoms with van der Waals surface area (Å²) in [6.45, 7) is 0. The molecule has 0 amide bonds. The average Bonchev–Trinajstić information content (AvgIpc) is 2.78. The van der Waals surface area contributed by atoms with Crippen LogP contribution in [0.1, 0.15) is 37.4 Å². The second-order valence-electron chi connectivity index (χ2n) is 4.60. The molecule has 74 valence electrons. The van der Waals surface area contributed by atoms with Gasteiger partial charge in [0.25, 0.3) is 5.56 Å². The van der Waals surface area contributed by atoms with Crippen molar-refractivity contribution >= 4 is 0 Å². The van der Waals surface area contributed by atoms with Crippen LogP contribution in [0.15, 0.2) is 17.1 Å². The predicted octanol–water partition coefficient (Wildman–Crippen LogP) is 1.67. The van der Waals surface area contributed by atoms with E-state index in [2.05, 4.69) is 9.97 Å². The van der Waals surface area contributed by atoms with Gasteiger partial charge in [0.2, 0.25) is 0 Å². The summed E-state index contributed by atoms with van der Waals surface area (Å²) in [6.07, 6.45) is 6.92. The average molecular weight is 190 g/mol. The lowest BCUT2D eigenvalue weighted by molar-refractivity contribution is 0.404. The van der Waals surface area contributed by atoms with Gasteiger partial charge >= 0.3 is 0 Å². The Kier molecular flexibility index (Phi) is 1.72. The Balaban J connectivity index is 1.93. The van der Waals surface area contributed by atoms with Crippen LogP contribution in [0.4, 0.5) is 0 Å². The summed E-state index contributed by atoms with van der Waals surface area (Å²) in [5.41, 5.74) is -0.0160. The first-order valence-corrected chi connectivity index (χ1v) is 5.38. The van der Waals surface area contributed by atoms with Crippen molar-refractivity contribution in [2.24, 2.45) is 11.8 Å². The van der Waals surface area contributed by atoms with Gasteiger partial charge in [-0.25, -0.2) is 4.98 Å². The first-order valence-electron chi connectivity index (χ1n) is 5.38. The highest BCUT2D eigenvalue weighted by atomic mass is 16.1. The van der Waals surface area contributed by atoms with Crippen molar-refractivity contribution < 1.29 is 0 Å². The quantitative estimate of drug-likeness (QED) is 0.732. The summed E-state index contributed by atoms with van der Waals surface area (Å²) in [5.74, 6) is 3.13. The maximum atomic E-state index is 11.2. The highest BCUT2D eigenvalue weighted by molar-refractivity contribution is 5.07. The van der Waals surface area contributed by atoms with E-state index in [9.17, 15) is 4.79 Å². The van der Waals surface area contributed by atoms with Gasteiger partial charge in [-0.3, -0.25) is 4.79 Å². The van der Waals surface area contributed by atoms with Crippen LogP contribution < -0.4 is 5.56 Å². The van der Waals surface area contributed by atoms with Crippen LogP contribution in [0.2, 0.25) is 0 Å². The maximum absolute atomic E-state index is 11.2. The molecule has 2 saturated carbocycles. The summed E-state index contributed by atoms with van der Waals surface area (Å²) in [4.78, 5) is 18.3. The summed E-state index contributed by atoms with van der Waals surface area (Å²) >= 11 is 0. The van der Waals surface area contributed by atoms with E-state index in [0.29, 0.717) is 5.92 Å². The van der Waals surface area contributed by atoms with Gasteiger partial charge in [0, 0.05) is 18.2 Å². The van der Waals surface area contributed by atoms with Crippen molar-refractivity contribution in [3.05, 3.63) is 28.4 Å². The van der Waals surface area contributed by atoms with Crippen molar-refractivity contribution in [3.63, 3.8) is 0 Å². The Bertz CT molecular complexity index is 398. The second-order valence-corrected chi connectivity index (χ2v) is 4.60. The summed E-state index contributed by atoms with van der Waals surface area (Å²) in [7, 11) is 0. The zero-order chi connectivity index (χ0) is 9.54. The van der Waals surface area contributed by atoms with Crippen molar-refractivity contribution in [1.82, 2.24) is 9.97 Å². The molecule has 3 rings (SSSR count). The van der Waals surface area contributed by atoms with Crippen molar-refractivity contribution in [2.45, 2.75) is 31.6 Å². The Morgan fingerprint density at radius 1 is 1.36 bits per heavy atom. The summed E-state index contributed by atoms with van der Waals surface area (Å²) in [5, 5.41) is 0. The fourth-order valence-electron chi connectivity index (χ4n) is 3.15. The van der Waals surface area contributed by atoms with Crippen LogP contribution in [-0.2, 0) is 0 Å². The van der Waals surface area contributed by atoms with E-state index in [1.54, 1.807) is 6.20 Å². The van der Waals surface area contributed by atoms with Gasteiger partial charge < -0.3 is 4.98 Å². The molecule has 2 aliphatic carbocycles. The molecule has 2 fully saturated rings. The number of fused-ring (bicyclic) bond motifs is 2. The highest BCUT2D eigenvalue weighted by Crippen LogP contribution is 2.51. The van der Waals surface area contributed by atoms with Gasteiger partial charge in [-0.05, 0) is 31.1 Å². The summed E-state index contributed by atoms with van der Waals surface area (Å²) < 4.78 is 0. The molecule has 1 aromatic heterocycles. The van der Waals surface area contributed by atoms with Crippen molar-refractivity contribution in [2.75, 3.05) is 0 Å². The van der Waals surface area contributed by atoms with Crippen LogP contribution in [0.25, 0.3) is 0 Å². The van der Waals surface area contributed by atoms with E-state index in [1.807, 2.05) is 0 Å². The van der Waals surface area contributed by atoms with E-state index in [-0.39, 0.29) is 5.56 Å². The Morgan fingerprint density at radius 3 is 2.93 bits per heavy atom. The zero-order valence-electron chi connectivity index (χ0n) is 8.07. The SMILES string of the molecule is O=c1ccnc([C@H]2C[C@H]3CC[C@H]2C3)[nH]1. The number of aromatic nitrogens is 2. The molecular weight excluding hydrogens is 176 g/mol. The lowest BCUT2D eigenvalue weighted by atomic mass is 9.88. The molecule has 2 bridgehead atoms. The molecular formula is C11H14N2O. The van der Waals surface area contributed by atoms with Gasteiger partial charge in [-0.2, -0.15) is 0 Å². The van der Waals surface area contributed by atoms with Crippen LogP contribution in [0.3, 0.4) is 0 Å². The van der Waals surface area contributed by atoms with Gasteiger partial charge in [0.05, 0.1) is 0 Å². The van der Waals surface area contributed by atoms with E-state index in [0.717, 1.165) is 17.7 Å². The fraction of sp³-hybridized carbons (Fsp3) is 0.636. The largest absolute Gasteiger partial charge is 0.310 e. The van der Waals surface area contributed by atoms with Crippen molar-refractivity contribution in [3.8, 4) is 0 Å². The third-order valence-electron chi connectivity index (χ3n) is 3.78. The molecule has 2 aliphatic rings. The minimum absolute atomic E-state index is 0.0160. The number of hydrogen-bond donors (Lipinski definition) is 1. The van der Waals surface area contributed by atoms with Crippen LogP contribution in [0, 0.1) is 11.8 Å². The minimum atomic E-state index is -0.0160. The van der Waals surface area contributed by atoms with Crippen LogP contribution in [0.5, 0.6) is 0 Å². The number of nitrogens with zero attached hydrogens (tertiary/aromatic N) is 1. The molecule has 14 heavy (non-hydrogen) atoms. The molecule has 0 aliphatic heterocycles. The third-order valence-corrected chi connectivity index (χ3v) is 3.78. The fourth-order valence-corrected chi connectivity index (χ4v) is 3.15. The lowest BCUT2D eigenvalue weighted by Gasteiger charge is -2.19. The Hall–Kier alpha value is -1.12. The maximum Gasteiger partial charge on any atom is 0.250 e. The zero-order valence-corrected chi connectivity index (χ0v) is 8.07. The van der Waals surface area contributed by atoms with Crippen LogP contribution in [-0.4, -0.2) is 9.97 Å². The molecule has 0 aromatic carbocycles. The van der Waals surface area contributed by atoms with E-state index in [1.165, 1.54) is 31.7 Å². The number of H-pyrrole nitrogens is 1. The van der Waals surface area contributed by atoms with Gasteiger partial charge in [-0.1, -0.05) is 6.42 Å². The Morgan fingerprint density at radius 2 is 2.29 bits per heavy atom. The molecule has 0 radical (unpaired) electrons. The van der Waals surface area contributed by atoms with Gasteiger partial charge in [-0.15, -0.1) is 0 Å². The second kappa shape index (κ2) is 2.94. The lowest BCUT2D eigenvalue weighted by Crippen LogP contribution is -2.16. The number of nitrogens with one attached hydrogen (secondary N) is 1. The molecule has 3 nitrogen and oxygen atoms in total. The topological polar surface area (TPSA) is 45.8 Å². The van der Waals surface area contributed by atoms with E-state index in [4.69, 9.17) is 0 Å². The third kappa shape index (κ3) is 1.19. The molecule has 1 aromatic rings. The molecule has 0 saturated heterocycles. The normalized spacial score (nSPS) is 35.0. The molecule has 0 spiro atoms. The number of rotatable bonds is 1. The monoisotopic (exact) mass is 190 g/mol. The molecule has 1 N–H and O–H groups in total. The molecule has 3 heteroatoms. The predicted molar refractivity (Wildman–Crippen MR) is 53.0 cm³/mol.